The van der Waals surface area contributed by atoms with Gasteiger partial charge in [-0.25, -0.2) is 9.97 Å². The monoisotopic (exact) mass is 333 g/mol. The van der Waals surface area contributed by atoms with Crippen molar-refractivity contribution in [1.82, 2.24) is 9.97 Å². The lowest BCUT2D eigenvalue weighted by Crippen LogP contribution is -2.22. The van der Waals surface area contributed by atoms with Crippen LogP contribution in [0.2, 0.25) is 0 Å². The van der Waals surface area contributed by atoms with E-state index >= 15 is 0 Å². The summed E-state index contributed by atoms with van der Waals surface area (Å²) < 4.78 is 5.37. The summed E-state index contributed by atoms with van der Waals surface area (Å²) in [7, 11) is 1.53. The SMILES string of the molecule is COC(C(=O)Nc1cccc(-c2ccnc(C)n2)c1)c1ccccc1. The van der Waals surface area contributed by atoms with E-state index in [1.54, 1.807) is 6.20 Å². The van der Waals surface area contributed by atoms with Crippen LogP contribution in [0.25, 0.3) is 11.3 Å². The molecule has 1 unspecified atom stereocenters. The van der Waals surface area contributed by atoms with Gasteiger partial charge in [-0.1, -0.05) is 42.5 Å². The molecular weight excluding hydrogens is 314 g/mol. The Bertz CT molecular complexity index is 866. The van der Waals surface area contributed by atoms with E-state index in [9.17, 15) is 4.79 Å². The molecule has 1 atom stereocenters. The van der Waals surface area contributed by atoms with Crippen LogP contribution in [0.15, 0.2) is 66.9 Å². The van der Waals surface area contributed by atoms with Gasteiger partial charge in [0.05, 0.1) is 5.69 Å². The Morgan fingerprint density at radius 1 is 1.08 bits per heavy atom. The van der Waals surface area contributed by atoms with E-state index in [0.717, 1.165) is 16.8 Å². The first kappa shape index (κ1) is 16.8. The Morgan fingerprint density at radius 2 is 1.88 bits per heavy atom. The fourth-order valence-corrected chi connectivity index (χ4v) is 2.60. The molecule has 5 nitrogen and oxygen atoms in total. The number of rotatable bonds is 5. The number of nitrogens with zero attached hydrogens (tertiary/aromatic N) is 2. The first-order valence-corrected chi connectivity index (χ1v) is 7.96. The van der Waals surface area contributed by atoms with Gasteiger partial charge < -0.3 is 10.1 Å². The fourth-order valence-electron chi connectivity index (χ4n) is 2.60. The maximum absolute atomic E-state index is 12.6. The lowest BCUT2D eigenvalue weighted by molar-refractivity contribution is -0.126. The number of benzene rings is 2. The summed E-state index contributed by atoms with van der Waals surface area (Å²) in [6.45, 7) is 1.85. The standard InChI is InChI=1S/C20H19N3O2/c1-14-21-12-11-18(22-14)16-9-6-10-17(13-16)23-20(24)19(25-2)15-7-4-3-5-8-15/h3-13,19H,1-2H3,(H,23,24). The molecule has 0 aliphatic carbocycles. The highest BCUT2D eigenvalue weighted by Crippen LogP contribution is 2.23. The third kappa shape index (κ3) is 4.08. The summed E-state index contributed by atoms with van der Waals surface area (Å²) in [5, 5.41) is 2.91. The van der Waals surface area contributed by atoms with Gasteiger partial charge in [0.25, 0.3) is 5.91 Å². The van der Waals surface area contributed by atoms with Crippen molar-refractivity contribution in [2.24, 2.45) is 0 Å². The van der Waals surface area contributed by atoms with E-state index in [4.69, 9.17) is 4.74 Å². The highest BCUT2D eigenvalue weighted by atomic mass is 16.5. The van der Waals surface area contributed by atoms with E-state index in [-0.39, 0.29) is 5.91 Å². The summed E-state index contributed by atoms with van der Waals surface area (Å²) in [5.41, 5.74) is 3.23. The topological polar surface area (TPSA) is 64.1 Å². The number of aromatic nitrogens is 2. The summed E-state index contributed by atoms with van der Waals surface area (Å²) in [6.07, 6.45) is 1.06. The van der Waals surface area contributed by atoms with Gasteiger partial charge in [-0.05, 0) is 30.7 Å². The maximum atomic E-state index is 12.6. The van der Waals surface area contributed by atoms with Crippen LogP contribution in [0.4, 0.5) is 5.69 Å². The van der Waals surface area contributed by atoms with Crippen LogP contribution in [0.3, 0.4) is 0 Å². The van der Waals surface area contributed by atoms with Crippen molar-refractivity contribution in [1.29, 1.82) is 0 Å². The molecular formula is C20H19N3O2. The van der Waals surface area contributed by atoms with Crippen molar-refractivity contribution >= 4 is 11.6 Å². The number of carbonyl (C=O) groups is 1. The molecule has 0 bridgehead atoms. The summed E-state index contributed by atoms with van der Waals surface area (Å²) in [5.74, 6) is 0.486. The van der Waals surface area contributed by atoms with Gasteiger partial charge in [-0.15, -0.1) is 0 Å². The molecule has 2 aromatic carbocycles. The Morgan fingerprint density at radius 3 is 2.60 bits per heavy atom. The first-order valence-electron chi connectivity index (χ1n) is 7.96. The molecule has 0 aliphatic rings. The van der Waals surface area contributed by atoms with Crippen LogP contribution in [0.1, 0.15) is 17.5 Å². The molecule has 0 saturated carbocycles. The Hall–Kier alpha value is -3.05. The number of hydrogen-bond donors (Lipinski definition) is 1. The van der Waals surface area contributed by atoms with Crippen molar-refractivity contribution in [3.05, 3.63) is 78.2 Å². The van der Waals surface area contributed by atoms with E-state index in [1.807, 2.05) is 67.6 Å². The van der Waals surface area contributed by atoms with Crippen LogP contribution in [0.5, 0.6) is 0 Å². The number of aryl methyl sites for hydroxylation is 1. The molecule has 0 radical (unpaired) electrons. The van der Waals surface area contributed by atoms with Crippen molar-refractivity contribution in [2.75, 3.05) is 12.4 Å². The lowest BCUT2D eigenvalue weighted by atomic mass is 10.1. The van der Waals surface area contributed by atoms with Crippen LogP contribution < -0.4 is 5.32 Å². The number of anilines is 1. The smallest absolute Gasteiger partial charge is 0.258 e. The molecule has 1 heterocycles. The Labute approximate surface area is 146 Å². The van der Waals surface area contributed by atoms with Gasteiger partial charge in [-0.2, -0.15) is 0 Å². The Kier molecular flexibility index (Phi) is 5.16. The van der Waals surface area contributed by atoms with Crippen molar-refractivity contribution < 1.29 is 9.53 Å². The predicted molar refractivity (Wildman–Crippen MR) is 97.0 cm³/mol. The quantitative estimate of drug-likeness (QED) is 0.772. The van der Waals surface area contributed by atoms with Crippen molar-refractivity contribution in [3.8, 4) is 11.3 Å². The van der Waals surface area contributed by atoms with E-state index in [1.165, 1.54) is 7.11 Å². The van der Waals surface area contributed by atoms with Gasteiger partial charge in [0.2, 0.25) is 0 Å². The van der Waals surface area contributed by atoms with E-state index in [2.05, 4.69) is 15.3 Å². The molecule has 0 saturated heterocycles. The lowest BCUT2D eigenvalue weighted by Gasteiger charge is -2.16. The highest BCUT2D eigenvalue weighted by molar-refractivity contribution is 5.95. The number of ether oxygens (including phenoxy) is 1. The normalized spacial score (nSPS) is 11.8. The van der Waals surface area contributed by atoms with Gasteiger partial charge in [0.15, 0.2) is 6.10 Å². The second-order valence-corrected chi connectivity index (χ2v) is 5.59. The molecule has 3 aromatic rings. The van der Waals surface area contributed by atoms with Crippen molar-refractivity contribution in [3.63, 3.8) is 0 Å². The average Bonchev–Trinajstić information content (AvgIpc) is 2.63. The summed E-state index contributed by atoms with van der Waals surface area (Å²) in [4.78, 5) is 21.1. The Balaban J connectivity index is 1.81. The second kappa shape index (κ2) is 7.68. The third-order valence-corrected chi connectivity index (χ3v) is 3.78. The van der Waals surface area contributed by atoms with Gasteiger partial charge in [0, 0.05) is 24.6 Å². The van der Waals surface area contributed by atoms with E-state index < -0.39 is 6.10 Å². The average molecular weight is 333 g/mol. The zero-order valence-electron chi connectivity index (χ0n) is 14.1. The van der Waals surface area contributed by atoms with Gasteiger partial charge in [0.1, 0.15) is 5.82 Å². The first-order chi connectivity index (χ1) is 12.2. The minimum atomic E-state index is -0.661. The highest BCUT2D eigenvalue weighted by Gasteiger charge is 2.20. The van der Waals surface area contributed by atoms with Gasteiger partial charge >= 0.3 is 0 Å². The molecule has 0 spiro atoms. The number of methoxy groups -OCH3 is 1. The molecule has 3 rings (SSSR count). The third-order valence-electron chi connectivity index (χ3n) is 3.78. The second-order valence-electron chi connectivity index (χ2n) is 5.59. The minimum absolute atomic E-state index is 0.218. The van der Waals surface area contributed by atoms with Crippen LogP contribution in [0, 0.1) is 6.92 Å². The van der Waals surface area contributed by atoms with E-state index in [0.29, 0.717) is 11.5 Å². The number of hydrogen-bond acceptors (Lipinski definition) is 4. The zero-order chi connectivity index (χ0) is 17.6. The van der Waals surface area contributed by atoms with Gasteiger partial charge in [-0.3, -0.25) is 4.79 Å². The number of nitrogens with one attached hydrogen (secondary N) is 1. The molecule has 1 aromatic heterocycles. The molecule has 126 valence electrons. The molecule has 0 fully saturated rings. The summed E-state index contributed by atoms with van der Waals surface area (Å²) >= 11 is 0. The fraction of sp³-hybridized carbons (Fsp3) is 0.150. The zero-order valence-corrected chi connectivity index (χ0v) is 14.1. The van der Waals surface area contributed by atoms with Crippen molar-refractivity contribution in [2.45, 2.75) is 13.0 Å². The van der Waals surface area contributed by atoms with Crippen LogP contribution in [-0.4, -0.2) is 23.0 Å². The largest absolute Gasteiger partial charge is 0.367 e. The molecule has 0 aliphatic heterocycles. The molecule has 1 N–H and O–H groups in total. The molecule has 1 amide bonds. The molecule has 5 heteroatoms. The maximum Gasteiger partial charge on any atom is 0.258 e. The molecule has 25 heavy (non-hydrogen) atoms. The minimum Gasteiger partial charge on any atom is -0.367 e. The summed E-state index contributed by atoms with van der Waals surface area (Å²) in [6, 6.07) is 18.8. The van der Waals surface area contributed by atoms with Crippen LogP contribution >= 0.6 is 0 Å². The number of carbonyl (C=O) groups excluding carboxylic acids is 1. The predicted octanol–water partition coefficient (Wildman–Crippen LogP) is 3.78. The number of amides is 1. The van der Waals surface area contributed by atoms with Crippen LogP contribution in [-0.2, 0) is 9.53 Å².